The molecule has 4 rings (SSSR count). The molecule has 2 aliphatic heterocycles. The second-order valence-corrected chi connectivity index (χ2v) is 7.68. The topological polar surface area (TPSA) is 53.1 Å². The van der Waals surface area contributed by atoms with Crippen LogP contribution in [-0.2, 0) is 16.0 Å². The number of pyridine rings is 1. The van der Waals surface area contributed by atoms with E-state index in [2.05, 4.69) is 9.88 Å². The van der Waals surface area contributed by atoms with Crippen molar-refractivity contribution in [2.24, 2.45) is 0 Å². The number of methoxy groups -OCH3 is 1. The van der Waals surface area contributed by atoms with Crippen LogP contribution in [0.4, 0.5) is 4.39 Å². The van der Waals surface area contributed by atoms with Crippen LogP contribution in [0.25, 0.3) is 0 Å². The summed E-state index contributed by atoms with van der Waals surface area (Å²) in [7, 11) is 1.69. The van der Waals surface area contributed by atoms with Crippen molar-refractivity contribution in [2.45, 2.75) is 38.7 Å². The van der Waals surface area contributed by atoms with Crippen LogP contribution < -0.4 is 9.47 Å². The molecule has 0 spiro atoms. The minimum Gasteiger partial charge on any atom is -0.496 e. The van der Waals surface area contributed by atoms with E-state index in [4.69, 9.17) is 18.9 Å². The molecular formula is C22H27FN2O4. The lowest BCUT2D eigenvalue weighted by molar-refractivity contribution is -0.00461. The van der Waals surface area contributed by atoms with E-state index in [1.54, 1.807) is 19.2 Å². The minimum atomic E-state index is -0.281. The summed E-state index contributed by atoms with van der Waals surface area (Å²) >= 11 is 0. The van der Waals surface area contributed by atoms with Crippen LogP contribution in [-0.4, -0.2) is 61.6 Å². The molecule has 0 radical (unpaired) electrons. The van der Waals surface area contributed by atoms with Crippen LogP contribution in [0.2, 0.25) is 0 Å². The van der Waals surface area contributed by atoms with Gasteiger partial charge in [0.15, 0.2) is 0 Å². The Hall–Kier alpha value is -2.22. The van der Waals surface area contributed by atoms with Gasteiger partial charge in [-0.2, -0.15) is 0 Å². The number of hydrogen-bond donors (Lipinski definition) is 0. The molecule has 0 bridgehead atoms. The second-order valence-electron chi connectivity index (χ2n) is 7.68. The molecule has 1 aromatic heterocycles. The van der Waals surface area contributed by atoms with Crippen molar-refractivity contribution in [1.82, 2.24) is 9.88 Å². The molecule has 7 heteroatoms. The Morgan fingerprint density at radius 2 is 1.76 bits per heavy atom. The van der Waals surface area contributed by atoms with E-state index in [-0.39, 0.29) is 24.1 Å². The van der Waals surface area contributed by atoms with Crippen molar-refractivity contribution < 1.29 is 23.3 Å². The normalized spacial score (nSPS) is 22.9. The predicted octanol–water partition coefficient (Wildman–Crippen LogP) is 2.89. The summed E-state index contributed by atoms with van der Waals surface area (Å²) in [5.74, 6) is 1.24. The fourth-order valence-electron chi connectivity index (χ4n) is 3.99. The molecule has 1 aromatic carbocycles. The summed E-state index contributed by atoms with van der Waals surface area (Å²) in [5.41, 5.74) is 3.13. The van der Waals surface area contributed by atoms with Crippen LogP contribution in [0.15, 0.2) is 30.5 Å². The van der Waals surface area contributed by atoms with Gasteiger partial charge >= 0.3 is 0 Å². The van der Waals surface area contributed by atoms with Gasteiger partial charge in [-0.15, -0.1) is 0 Å². The molecule has 0 amide bonds. The van der Waals surface area contributed by atoms with E-state index < -0.39 is 0 Å². The molecule has 2 aromatic rings. The third kappa shape index (κ3) is 4.52. The Kier molecular flexibility index (Phi) is 5.99. The van der Waals surface area contributed by atoms with Gasteiger partial charge in [-0.25, -0.2) is 4.39 Å². The molecule has 2 aliphatic rings. The molecule has 0 saturated carbocycles. The molecular weight excluding hydrogens is 375 g/mol. The predicted molar refractivity (Wildman–Crippen MR) is 106 cm³/mol. The van der Waals surface area contributed by atoms with Gasteiger partial charge in [-0.1, -0.05) is 0 Å². The minimum absolute atomic E-state index is 0.00414. The first-order valence-corrected chi connectivity index (χ1v) is 9.90. The first-order valence-electron chi connectivity index (χ1n) is 9.90. The van der Waals surface area contributed by atoms with Crippen LogP contribution in [0.3, 0.4) is 0 Å². The van der Waals surface area contributed by atoms with E-state index >= 15 is 0 Å². The Morgan fingerprint density at radius 1 is 1.10 bits per heavy atom. The summed E-state index contributed by atoms with van der Waals surface area (Å²) in [6, 6.07) is 6.01. The number of ether oxygens (including phenoxy) is 4. The molecule has 2 saturated heterocycles. The van der Waals surface area contributed by atoms with Gasteiger partial charge in [0.1, 0.15) is 23.4 Å². The highest BCUT2D eigenvalue weighted by atomic mass is 19.1. The maximum atomic E-state index is 13.0. The summed E-state index contributed by atoms with van der Waals surface area (Å²) in [4.78, 5) is 6.91. The lowest BCUT2D eigenvalue weighted by Gasteiger charge is -2.20. The lowest BCUT2D eigenvalue weighted by Crippen LogP contribution is -2.29. The van der Waals surface area contributed by atoms with Gasteiger partial charge in [-0.05, 0) is 38.1 Å². The van der Waals surface area contributed by atoms with Crippen molar-refractivity contribution in [3.8, 4) is 11.5 Å². The van der Waals surface area contributed by atoms with Crippen LogP contribution in [0.1, 0.15) is 16.8 Å². The van der Waals surface area contributed by atoms with Gasteiger partial charge in [0.25, 0.3) is 0 Å². The molecule has 156 valence electrons. The second kappa shape index (κ2) is 8.65. The monoisotopic (exact) mass is 402 g/mol. The van der Waals surface area contributed by atoms with E-state index in [0.717, 1.165) is 42.2 Å². The number of aromatic nitrogens is 1. The standard InChI is InChI=1S/C22H27FN2O4/c1-14-8-24-19(15(2)22(14)26-3)9-25-10-20-21(11-25)28-13-18(12-27-20)29-17-6-4-16(23)5-7-17/h4-8,18,20-21H,9-13H2,1-3H3/t20-,21-/m0/s1. The van der Waals surface area contributed by atoms with Crippen LogP contribution in [0, 0.1) is 19.7 Å². The molecule has 0 aliphatic carbocycles. The van der Waals surface area contributed by atoms with Crippen molar-refractivity contribution in [1.29, 1.82) is 0 Å². The van der Waals surface area contributed by atoms with Crippen molar-refractivity contribution in [3.63, 3.8) is 0 Å². The van der Waals surface area contributed by atoms with E-state index in [0.29, 0.717) is 19.0 Å². The maximum absolute atomic E-state index is 13.0. The van der Waals surface area contributed by atoms with Gasteiger partial charge in [0.05, 0.1) is 38.2 Å². The third-order valence-corrected chi connectivity index (χ3v) is 5.52. The smallest absolute Gasteiger partial charge is 0.145 e. The zero-order valence-electron chi connectivity index (χ0n) is 17.1. The number of hydrogen-bond acceptors (Lipinski definition) is 6. The molecule has 0 N–H and O–H groups in total. The Bertz CT molecular complexity index is 829. The fraction of sp³-hybridized carbons (Fsp3) is 0.500. The van der Waals surface area contributed by atoms with Crippen molar-refractivity contribution in [3.05, 3.63) is 53.1 Å². The first kappa shape index (κ1) is 20.1. The number of likely N-dealkylation sites (tertiary alicyclic amines) is 1. The van der Waals surface area contributed by atoms with Crippen LogP contribution in [0.5, 0.6) is 11.5 Å². The fourth-order valence-corrected chi connectivity index (χ4v) is 3.99. The first-order chi connectivity index (χ1) is 14.0. The average molecular weight is 402 g/mol. The molecule has 6 nitrogen and oxygen atoms in total. The van der Waals surface area contributed by atoms with E-state index in [1.165, 1.54) is 12.1 Å². The highest BCUT2D eigenvalue weighted by Gasteiger charge is 2.38. The van der Waals surface area contributed by atoms with Gasteiger partial charge in [0, 0.05) is 37.0 Å². The zero-order chi connectivity index (χ0) is 20.4. The van der Waals surface area contributed by atoms with Gasteiger partial charge in [0.2, 0.25) is 0 Å². The summed E-state index contributed by atoms with van der Waals surface area (Å²) in [6.45, 7) is 7.24. The third-order valence-electron chi connectivity index (χ3n) is 5.52. The molecule has 2 fully saturated rings. The van der Waals surface area contributed by atoms with E-state index in [1.807, 2.05) is 20.0 Å². The highest BCUT2D eigenvalue weighted by molar-refractivity contribution is 5.41. The number of aryl methyl sites for hydroxylation is 1. The highest BCUT2D eigenvalue weighted by Crippen LogP contribution is 2.27. The Morgan fingerprint density at radius 3 is 2.38 bits per heavy atom. The lowest BCUT2D eigenvalue weighted by atomic mass is 10.1. The number of fused-ring (bicyclic) bond motifs is 1. The summed E-state index contributed by atoms with van der Waals surface area (Å²) < 4.78 is 36.6. The molecule has 2 atom stereocenters. The molecule has 29 heavy (non-hydrogen) atoms. The van der Waals surface area contributed by atoms with Crippen molar-refractivity contribution in [2.75, 3.05) is 33.4 Å². The number of rotatable bonds is 5. The largest absolute Gasteiger partial charge is 0.496 e. The Balaban J connectivity index is 1.34. The van der Waals surface area contributed by atoms with E-state index in [9.17, 15) is 4.39 Å². The number of benzene rings is 1. The van der Waals surface area contributed by atoms with Crippen molar-refractivity contribution >= 4 is 0 Å². The summed E-state index contributed by atoms with van der Waals surface area (Å²) in [5, 5.41) is 0. The molecule has 3 heterocycles. The summed E-state index contributed by atoms with van der Waals surface area (Å²) in [6.07, 6.45) is 1.67. The molecule has 0 unspecified atom stereocenters. The zero-order valence-corrected chi connectivity index (χ0v) is 17.1. The number of nitrogens with zero attached hydrogens (tertiary/aromatic N) is 2. The quantitative estimate of drug-likeness (QED) is 0.767. The van der Waals surface area contributed by atoms with Gasteiger partial charge in [-0.3, -0.25) is 9.88 Å². The SMILES string of the molecule is COc1c(C)cnc(CN2C[C@@H]3OCC(Oc4ccc(F)cc4)CO[C@H]3C2)c1C. The van der Waals surface area contributed by atoms with Crippen LogP contribution >= 0.6 is 0 Å². The van der Waals surface area contributed by atoms with Gasteiger partial charge < -0.3 is 18.9 Å². The average Bonchev–Trinajstić information content (AvgIpc) is 3.00. The maximum Gasteiger partial charge on any atom is 0.145 e. The number of halogens is 1. The Labute approximate surface area is 170 Å².